The summed E-state index contributed by atoms with van der Waals surface area (Å²) < 4.78 is 1.41. The van der Waals surface area contributed by atoms with Crippen molar-refractivity contribution in [1.82, 2.24) is 0 Å². The molecule has 0 aromatic carbocycles. The van der Waals surface area contributed by atoms with Crippen molar-refractivity contribution in [3.05, 3.63) is 0 Å². The van der Waals surface area contributed by atoms with Crippen LogP contribution in [0.2, 0.25) is 0 Å². The van der Waals surface area contributed by atoms with Crippen LogP contribution in [0.5, 0.6) is 0 Å². The number of likely N-dealkylation sites (tertiary alicyclic amines) is 1. The molecule has 0 N–H and O–H groups in total. The lowest BCUT2D eigenvalue weighted by atomic mass is 9.92. The van der Waals surface area contributed by atoms with Gasteiger partial charge in [0.15, 0.2) is 0 Å². The van der Waals surface area contributed by atoms with Gasteiger partial charge in [0, 0.05) is 5.92 Å². The maximum absolute atomic E-state index is 2.47. The zero-order valence-corrected chi connectivity index (χ0v) is 12.1. The van der Waals surface area contributed by atoms with Crippen molar-refractivity contribution in [1.29, 1.82) is 0 Å². The first-order valence-corrected chi connectivity index (χ1v) is 7.37. The third kappa shape index (κ3) is 3.23. The molecule has 1 heterocycles. The van der Waals surface area contributed by atoms with Crippen molar-refractivity contribution >= 4 is 0 Å². The summed E-state index contributed by atoms with van der Waals surface area (Å²) >= 11 is 0. The quantitative estimate of drug-likeness (QED) is 0.620. The lowest BCUT2D eigenvalue weighted by Crippen LogP contribution is -2.59. The second-order valence-electron chi connectivity index (χ2n) is 6.39. The van der Waals surface area contributed by atoms with Crippen LogP contribution >= 0.6 is 0 Å². The van der Waals surface area contributed by atoms with Crippen LogP contribution in [-0.2, 0) is 0 Å². The molecule has 1 saturated heterocycles. The minimum absolute atomic E-state index is 0.834. The maximum atomic E-state index is 2.47. The molecule has 0 bridgehead atoms. The average Bonchev–Trinajstić information content (AvgIpc) is 2.29. The van der Waals surface area contributed by atoms with Crippen LogP contribution in [0.1, 0.15) is 60.3 Å². The van der Waals surface area contributed by atoms with E-state index in [1.165, 1.54) is 49.8 Å². The highest BCUT2D eigenvalue weighted by Gasteiger charge is 2.36. The molecule has 2 unspecified atom stereocenters. The van der Waals surface area contributed by atoms with Crippen LogP contribution in [-0.4, -0.2) is 30.2 Å². The Labute approximate surface area is 103 Å². The summed E-state index contributed by atoms with van der Waals surface area (Å²) in [7, 11) is 0. The lowest BCUT2D eigenvalue weighted by Gasteiger charge is -2.48. The highest BCUT2D eigenvalue weighted by molar-refractivity contribution is 4.64. The van der Waals surface area contributed by atoms with Crippen LogP contribution in [0.15, 0.2) is 0 Å². The van der Waals surface area contributed by atoms with Gasteiger partial charge in [-0.2, -0.15) is 0 Å². The largest absolute Gasteiger partial charge is 0.321 e. The van der Waals surface area contributed by atoms with E-state index in [0.29, 0.717) is 0 Å². The Morgan fingerprint density at radius 1 is 0.938 bits per heavy atom. The molecule has 0 aliphatic carbocycles. The molecule has 0 radical (unpaired) electrons. The van der Waals surface area contributed by atoms with Gasteiger partial charge in [0.1, 0.15) is 0 Å². The van der Waals surface area contributed by atoms with Gasteiger partial charge in [-0.1, -0.05) is 27.7 Å². The fourth-order valence-corrected chi connectivity index (χ4v) is 3.12. The molecule has 0 spiro atoms. The van der Waals surface area contributed by atoms with Crippen molar-refractivity contribution in [2.75, 3.05) is 19.6 Å². The predicted octanol–water partition coefficient (Wildman–Crippen LogP) is 4.08. The van der Waals surface area contributed by atoms with E-state index in [1.54, 1.807) is 0 Å². The number of hydrogen-bond acceptors (Lipinski definition) is 0. The van der Waals surface area contributed by atoms with Gasteiger partial charge in [-0.3, -0.25) is 0 Å². The molecule has 1 fully saturated rings. The highest BCUT2D eigenvalue weighted by Crippen LogP contribution is 2.28. The van der Waals surface area contributed by atoms with E-state index in [0.717, 1.165) is 17.9 Å². The van der Waals surface area contributed by atoms with E-state index in [2.05, 4.69) is 34.6 Å². The molecule has 0 saturated carbocycles. The first-order chi connectivity index (χ1) is 7.52. The Bertz CT molecular complexity index is 192. The van der Waals surface area contributed by atoms with Crippen LogP contribution in [0, 0.1) is 11.8 Å². The monoisotopic (exact) mass is 226 g/mol. The Hall–Kier alpha value is -0.0400. The van der Waals surface area contributed by atoms with Crippen molar-refractivity contribution in [2.24, 2.45) is 11.8 Å². The third-order valence-corrected chi connectivity index (χ3v) is 5.02. The maximum Gasteiger partial charge on any atom is 0.0859 e. The predicted molar refractivity (Wildman–Crippen MR) is 72.5 cm³/mol. The molecule has 0 aromatic heterocycles. The molecule has 1 aliphatic heterocycles. The van der Waals surface area contributed by atoms with E-state index in [9.17, 15) is 0 Å². The van der Waals surface area contributed by atoms with Crippen LogP contribution in [0.4, 0.5) is 0 Å². The first kappa shape index (κ1) is 14.0. The minimum Gasteiger partial charge on any atom is -0.321 e. The fourth-order valence-electron chi connectivity index (χ4n) is 3.12. The molecule has 2 atom stereocenters. The number of rotatable bonds is 5. The Balaban J connectivity index is 2.70. The Kier molecular flexibility index (Phi) is 5.30. The SMILES string of the molecule is CCC(C)[N+]1(CC(C)C(C)C)CCCCC1. The molecular weight excluding hydrogens is 194 g/mol. The van der Waals surface area contributed by atoms with Crippen molar-refractivity contribution in [3.8, 4) is 0 Å². The second kappa shape index (κ2) is 6.05. The van der Waals surface area contributed by atoms with Gasteiger partial charge < -0.3 is 4.48 Å². The van der Waals surface area contributed by atoms with E-state index in [4.69, 9.17) is 0 Å². The van der Waals surface area contributed by atoms with Gasteiger partial charge >= 0.3 is 0 Å². The number of quaternary nitrogens is 1. The number of nitrogens with zero attached hydrogens (tertiary/aromatic N) is 1. The zero-order valence-electron chi connectivity index (χ0n) is 12.1. The molecule has 1 nitrogen and oxygen atoms in total. The van der Waals surface area contributed by atoms with Gasteiger partial charge in [-0.25, -0.2) is 0 Å². The topological polar surface area (TPSA) is 0 Å². The summed E-state index contributed by atoms with van der Waals surface area (Å²) in [5.74, 6) is 1.70. The Morgan fingerprint density at radius 3 is 1.94 bits per heavy atom. The summed E-state index contributed by atoms with van der Waals surface area (Å²) in [5, 5.41) is 0. The van der Waals surface area contributed by atoms with Gasteiger partial charge in [-0.05, 0) is 38.5 Å². The molecule has 1 aliphatic rings. The smallest absolute Gasteiger partial charge is 0.0859 e. The summed E-state index contributed by atoms with van der Waals surface area (Å²) in [6, 6.07) is 0.862. The molecule has 96 valence electrons. The normalized spacial score (nSPS) is 24.4. The zero-order chi connectivity index (χ0) is 12.2. The fraction of sp³-hybridized carbons (Fsp3) is 1.00. The molecule has 1 rings (SSSR count). The number of piperidine rings is 1. The van der Waals surface area contributed by atoms with E-state index >= 15 is 0 Å². The minimum atomic E-state index is 0.834. The second-order valence-corrected chi connectivity index (χ2v) is 6.39. The molecule has 0 aromatic rings. The van der Waals surface area contributed by atoms with Crippen LogP contribution in [0.3, 0.4) is 0 Å². The first-order valence-electron chi connectivity index (χ1n) is 7.37. The molecular formula is C15H32N+. The van der Waals surface area contributed by atoms with Crippen molar-refractivity contribution in [2.45, 2.75) is 66.3 Å². The van der Waals surface area contributed by atoms with Gasteiger partial charge in [-0.15, -0.1) is 0 Å². The summed E-state index contributed by atoms with van der Waals surface area (Å²) in [6.45, 7) is 16.3. The Morgan fingerprint density at radius 2 is 1.50 bits per heavy atom. The van der Waals surface area contributed by atoms with Crippen LogP contribution < -0.4 is 0 Å². The average molecular weight is 226 g/mol. The van der Waals surface area contributed by atoms with E-state index < -0.39 is 0 Å². The van der Waals surface area contributed by atoms with Gasteiger partial charge in [0.2, 0.25) is 0 Å². The molecule has 16 heavy (non-hydrogen) atoms. The number of hydrogen-bond donors (Lipinski definition) is 0. The lowest BCUT2D eigenvalue weighted by molar-refractivity contribution is -0.956. The van der Waals surface area contributed by atoms with Crippen LogP contribution in [0.25, 0.3) is 0 Å². The van der Waals surface area contributed by atoms with E-state index in [-0.39, 0.29) is 0 Å². The molecule has 0 amide bonds. The van der Waals surface area contributed by atoms with Crippen molar-refractivity contribution < 1.29 is 4.48 Å². The van der Waals surface area contributed by atoms with Gasteiger partial charge in [0.25, 0.3) is 0 Å². The highest BCUT2D eigenvalue weighted by atomic mass is 15.4. The van der Waals surface area contributed by atoms with E-state index in [1.807, 2.05) is 0 Å². The summed E-state index contributed by atoms with van der Waals surface area (Å²) in [5.41, 5.74) is 0. The molecule has 1 heteroatoms. The standard InChI is InChI=1S/C15H32N/c1-6-15(5)16(10-8-7-9-11-16)12-14(4)13(2)3/h13-15H,6-12H2,1-5H3/q+1. The van der Waals surface area contributed by atoms with Crippen molar-refractivity contribution in [3.63, 3.8) is 0 Å². The summed E-state index contributed by atoms with van der Waals surface area (Å²) in [4.78, 5) is 0. The summed E-state index contributed by atoms with van der Waals surface area (Å²) in [6.07, 6.45) is 5.71. The third-order valence-electron chi connectivity index (χ3n) is 5.02. The van der Waals surface area contributed by atoms with Gasteiger partial charge in [0.05, 0.1) is 25.7 Å².